The van der Waals surface area contributed by atoms with E-state index in [0.717, 1.165) is 16.6 Å². The number of H-pyrrole nitrogens is 1. The minimum atomic E-state index is -3.62. The van der Waals surface area contributed by atoms with Crippen LogP contribution in [-0.2, 0) is 10.0 Å². The van der Waals surface area contributed by atoms with Crippen molar-refractivity contribution in [2.24, 2.45) is 0 Å². The molecule has 4 aromatic rings. The summed E-state index contributed by atoms with van der Waals surface area (Å²) in [5.41, 5.74) is 3.18. The smallest absolute Gasteiger partial charge is 0.261 e. The van der Waals surface area contributed by atoms with Gasteiger partial charge in [-0.15, -0.1) is 0 Å². The molecule has 0 bridgehead atoms. The molecule has 0 aliphatic rings. The number of nitrogens with one attached hydrogen (secondary N) is 2. The Morgan fingerprint density at radius 1 is 0.800 bits per heavy atom. The van der Waals surface area contributed by atoms with Gasteiger partial charge in [-0.1, -0.05) is 30.3 Å². The van der Waals surface area contributed by atoms with Crippen LogP contribution < -0.4 is 4.72 Å². The Bertz CT molecular complexity index is 1090. The summed E-state index contributed by atoms with van der Waals surface area (Å²) < 4.78 is 27.5. The average Bonchev–Trinajstić information content (AvgIpc) is 3.06. The highest BCUT2D eigenvalue weighted by Gasteiger charge is 2.14. The predicted octanol–water partition coefficient (Wildman–Crippen LogP) is 4.03. The monoisotopic (exact) mass is 349 g/mol. The summed E-state index contributed by atoms with van der Waals surface area (Å²) in [5.74, 6) is 0.709. The van der Waals surface area contributed by atoms with Crippen molar-refractivity contribution in [2.45, 2.75) is 4.90 Å². The number of rotatable bonds is 4. The number of fused-ring (bicyclic) bond motifs is 1. The summed E-state index contributed by atoms with van der Waals surface area (Å²) in [6, 6.07) is 23.2. The third-order valence-corrected chi connectivity index (χ3v) is 5.25. The summed E-state index contributed by atoms with van der Waals surface area (Å²) in [5, 5.41) is 0. The van der Waals surface area contributed by atoms with E-state index >= 15 is 0 Å². The zero-order valence-electron chi connectivity index (χ0n) is 13.2. The van der Waals surface area contributed by atoms with E-state index in [1.165, 1.54) is 0 Å². The third kappa shape index (κ3) is 3.12. The number of para-hydroxylation sites is 3. The SMILES string of the molecule is O=S(=O)(Nc1ccccc1)c1ccc(-c2nc3ccccc3[nH]2)cc1. The van der Waals surface area contributed by atoms with E-state index in [1.54, 1.807) is 48.5 Å². The van der Waals surface area contributed by atoms with Crippen LogP contribution in [0.25, 0.3) is 22.4 Å². The molecule has 0 saturated heterocycles. The number of hydrogen-bond acceptors (Lipinski definition) is 3. The van der Waals surface area contributed by atoms with Gasteiger partial charge in [0.2, 0.25) is 0 Å². The number of aromatic nitrogens is 2. The van der Waals surface area contributed by atoms with Crippen LogP contribution in [0.2, 0.25) is 0 Å². The fraction of sp³-hybridized carbons (Fsp3) is 0. The minimum Gasteiger partial charge on any atom is -0.338 e. The van der Waals surface area contributed by atoms with E-state index in [0.29, 0.717) is 11.5 Å². The summed E-state index contributed by atoms with van der Waals surface area (Å²) >= 11 is 0. The Labute approximate surface area is 145 Å². The van der Waals surface area contributed by atoms with Gasteiger partial charge in [0.25, 0.3) is 10.0 Å². The van der Waals surface area contributed by atoms with Crippen LogP contribution in [0, 0.1) is 0 Å². The first-order chi connectivity index (χ1) is 12.1. The quantitative estimate of drug-likeness (QED) is 0.584. The van der Waals surface area contributed by atoms with Crippen LogP contribution >= 0.6 is 0 Å². The Balaban J connectivity index is 1.63. The lowest BCUT2D eigenvalue weighted by molar-refractivity contribution is 0.601. The van der Waals surface area contributed by atoms with Crippen molar-refractivity contribution in [3.8, 4) is 11.4 Å². The topological polar surface area (TPSA) is 74.8 Å². The van der Waals surface area contributed by atoms with Gasteiger partial charge in [0.15, 0.2) is 0 Å². The van der Waals surface area contributed by atoms with Crippen molar-refractivity contribution in [1.82, 2.24) is 9.97 Å². The third-order valence-electron chi connectivity index (χ3n) is 3.85. The molecule has 0 unspecified atom stereocenters. The van der Waals surface area contributed by atoms with Crippen LogP contribution in [0.4, 0.5) is 5.69 Å². The van der Waals surface area contributed by atoms with Crippen LogP contribution in [-0.4, -0.2) is 18.4 Å². The van der Waals surface area contributed by atoms with Gasteiger partial charge in [0.05, 0.1) is 15.9 Å². The Kier molecular flexibility index (Phi) is 3.74. The second-order valence-electron chi connectivity index (χ2n) is 5.60. The second-order valence-corrected chi connectivity index (χ2v) is 7.28. The van der Waals surface area contributed by atoms with Gasteiger partial charge in [-0.05, 0) is 48.5 Å². The van der Waals surface area contributed by atoms with E-state index in [4.69, 9.17) is 0 Å². The molecule has 25 heavy (non-hydrogen) atoms. The van der Waals surface area contributed by atoms with Crippen molar-refractivity contribution < 1.29 is 8.42 Å². The maximum Gasteiger partial charge on any atom is 0.261 e. The first-order valence-corrected chi connectivity index (χ1v) is 9.23. The summed E-state index contributed by atoms with van der Waals surface area (Å²) in [7, 11) is -3.62. The molecule has 0 amide bonds. The predicted molar refractivity (Wildman–Crippen MR) is 98.8 cm³/mol. The molecule has 0 atom stereocenters. The lowest BCUT2D eigenvalue weighted by Gasteiger charge is -2.08. The largest absolute Gasteiger partial charge is 0.338 e. The van der Waals surface area contributed by atoms with Crippen molar-refractivity contribution in [2.75, 3.05) is 4.72 Å². The molecular weight excluding hydrogens is 334 g/mol. The summed E-state index contributed by atoms with van der Waals surface area (Å²) in [6.45, 7) is 0. The highest BCUT2D eigenvalue weighted by Crippen LogP contribution is 2.23. The highest BCUT2D eigenvalue weighted by molar-refractivity contribution is 7.92. The molecule has 0 spiro atoms. The van der Waals surface area contributed by atoms with Gasteiger partial charge in [-0.25, -0.2) is 13.4 Å². The van der Waals surface area contributed by atoms with Gasteiger partial charge < -0.3 is 4.98 Å². The molecule has 0 aliphatic heterocycles. The first-order valence-electron chi connectivity index (χ1n) is 7.75. The lowest BCUT2D eigenvalue weighted by Crippen LogP contribution is -2.12. The van der Waals surface area contributed by atoms with Gasteiger partial charge in [0, 0.05) is 11.3 Å². The number of sulfonamides is 1. The fourth-order valence-electron chi connectivity index (χ4n) is 2.60. The number of aromatic amines is 1. The second kappa shape index (κ2) is 6.07. The maximum absolute atomic E-state index is 12.5. The fourth-order valence-corrected chi connectivity index (χ4v) is 3.66. The van der Waals surface area contributed by atoms with Crippen LogP contribution in [0.3, 0.4) is 0 Å². The molecule has 2 N–H and O–H groups in total. The first kappa shape index (κ1) is 15.4. The van der Waals surface area contributed by atoms with Gasteiger partial charge >= 0.3 is 0 Å². The molecule has 4 rings (SSSR count). The highest BCUT2D eigenvalue weighted by atomic mass is 32.2. The number of benzene rings is 3. The maximum atomic E-state index is 12.5. The molecule has 124 valence electrons. The van der Waals surface area contributed by atoms with Crippen molar-refractivity contribution >= 4 is 26.7 Å². The average molecular weight is 349 g/mol. The molecule has 0 radical (unpaired) electrons. The van der Waals surface area contributed by atoms with E-state index in [1.807, 2.05) is 30.3 Å². The lowest BCUT2D eigenvalue weighted by atomic mass is 10.2. The zero-order chi connectivity index (χ0) is 17.3. The Morgan fingerprint density at radius 2 is 1.48 bits per heavy atom. The van der Waals surface area contributed by atoms with E-state index in [2.05, 4.69) is 14.7 Å². The van der Waals surface area contributed by atoms with Crippen LogP contribution in [0.5, 0.6) is 0 Å². The minimum absolute atomic E-state index is 0.205. The van der Waals surface area contributed by atoms with Crippen LogP contribution in [0.1, 0.15) is 0 Å². The molecule has 0 fully saturated rings. The molecule has 0 aliphatic carbocycles. The molecule has 1 heterocycles. The van der Waals surface area contributed by atoms with Crippen molar-refractivity contribution in [3.05, 3.63) is 78.9 Å². The van der Waals surface area contributed by atoms with Crippen molar-refractivity contribution in [1.29, 1.82) is 0 Å². The van der Waals surface area contributed by atoms with E-state index in [-0.39, 0.29) is 4.90 Å². The summed E-state index contributed by atoms with van der Waals surface area (Å²) in [4.78, 5) is 7.96. The van der Waals surface area contributed by atoms with Gasteiger partial charge in [-0.2, -0.15) is 0 Å². The number of anilines is 1. The molecule has 6 heteroatoms. The molecule has 5 nitrogen and oxygen atoms in total. The standard InChI is InChI=1S/C19H15N3O2S/c23-25(24,22-15-6-2-1-3-7-15)16-12-10-14(11-13-16)19-20-17-8-4-5-9-18(17)21-19/h1-13,22H,(H,20,21). The van der Waals surface area contributed by atoms with Gasteiger partial charge in [0.1, 0.15) is 5.82 Å². The van der Waals surface area contributed by atoms with Gasteiger partial charge in [-0.3, -0.25) is 4.72 Å². The molecule has 3 aromatic carbocycles. The number of imidazole rings is 1. The zero-order valence-corrected chi connectivity index (χ0v) is 14.0. The Hall–Kier alpha value is -3.12. The number of nitrogens with zero attached hydrogens (tertiary/aromatic N) is 1. The molecular formula is C19H15N3O2S. The van der Waals surface area contributed by atoms with E-state index < -0.39 is 10.0 Å². The molecule has 0 saturated carbocycles. The normalized spacial score (nSPS) is 11.5. The Morgan fingerprint density at radius 3 is 2.20 bits per heavy atom. The molecule has 1 aromatic heterocycles. The van der Waals surface area contributed by atoms with E-state index in [9.17, 15) is 8.42 Å². The summed E-state index contributed by atoms with van der Waals surface area (Å²) in [6.07, 6.45) is 0. The number of hydrogen-bond donors (Lipinski definition) is 2. The van der Waals surface area contributed by atoms with Crippen LogP contribution in [0.15, 0.2) is 83.8 Å². The van der Waals surface area contributed by atoms with Crippen molar-refractivity contribution in [3.63, 3.8) is 0 Å².